The summed E-state index contributed by atoms with van der Waals surface area (Å²) in [5.41, 5.74) is 9.23. The number of halogens is 1. The number of hydrogen-bond donors (Lipinski definition) is 4. The van der Waals surface area contributed by atoms with Gasteiger partial charge >= 0.3 is 0 Å². The smallest absolute Gasteiger partial charge is 0.238 e. The van der Waals surface area contributed by atoms with Crippen molar-refractivity contribution in [3.63, 3.8) is 0 Å². The summed E-state index contributed by atoms with van der Waals surface area (Å²) in [6.45, 7) is 3.28. The zero-order chi connectivity index (χ0) is 21.7. The Hall–Kier alpha value is -2.88. The first-order valence-corrected chi connectivity index (χ1v) is 11.2. The van der Waals surface area contributed by atoms with E-state index < -0.39 is 10.0 Å². The number of anilines is 3. The third-order valence-corrected chi connectivity index (χ3v) is 5.80. The molecule has 0 saturated carbocycles. The molecule has 6 N–H and O–H groups in total. The number of primary sulfonamides is 1. The summed E-state index contributed by atoms with van der Waals surface area (Å²) in [5.74, 6) is 0.817. The highest BCUT2D eigenvalue weighted by molar-refractivity contribution is 7.89. The molecule has 0 bridgehead atoms. The monoisotopic (exact) mass is 446 g/mol. The fraction of sp³-hybridized carbons (Fsp3) is 0.200. The summed E-state index contributed by atoms with van der Waals surface area (Å²) in [7, 11) is -3.68. The van der Waals surface area contributed by atoms with E-state index in [0.29, 0.717) is 29.6 Å². The van der Waals surface area contributed by atoms with Gasteiger partial charge in [0.1, 0.15) is 5.82 Å². The molecule has 0 atom stereocenters. The van der Waals surface area contributed by atoms with Crippen LogP contribution in [0.4, 0.5) is 17.5 Å². The van der Waals surface area contributed by atoms with Crippen molar-refractivity contribution < 1.29 is 8.42 Å². The molecule has 8 nitrogen and oxygen atoms in total. The molecule has 0 spiro atoms. The Bertz CT molecular complexity index is 1140. The van der Waals surface area contributed by atoms with E-state index in [4.69, 9.17) is 22.5 Å². The van der Waals surface area contributed by atoms with E-state index >= 15 is 0 Å². The zero-order valence-electron chi connectivity index (χ0n) is 16.4. The van der Waals surface area contributed by atoms with Crippen LogP contribution in [0.15, 0.2) is 53.4 Å². The molecule has 30 heavy (non-hydrogen) atoms. The predicted octanol–water partition coefficient (Wildman–Crippen LogP) is 3.25. The molecule has 10 heteroatoms. The molecule has 1 heterocycles. The van der Waals surface area contributed by atoms with E-state index in [1.807, 2.05) is 31.2 Å². The van der Waals surface area contributed by atoms with Gasteiger partial charge < -0.3 is 16.4 Å². The Kier molecular flexibility index (Phi) is 6.76. The van der Waals surface area contributed by atoms with Crippen LogP contribution in [0.3, 0.4) is 0 Å². The van der Waals surface area contributed by atoms with Crippen molar-refractivity contribution in [1.29, 1.82) is 0 Å². The fourth-order valence-electron chi connectivity index (χ4n) is 2.88. The first kappa shape index (κ1) is 21.8. The van der Waals surface area contributed by atoms with E-state index in [2.05, 4.69) is 20.6 Å². The minimum Gasteiger partial charge on any atom is -0.385 e. The van der Waals surface area contributed by atoms with Gasteiger partial charge in [-0.2, -0.15) is 4.98 Å². The van der Waals surface area contributed by atoms with Gasteiger partial charge in [0.05, 0.1) is 10.6 Å². The SMILES string of the molecule is Cc1c(Cl)cccc1-c1cc(NCCCNc2ccc(S(N)(=O)=O)cc2)nc(N)n1. The van der Waals surface area contributed by atoms with E-state index in [-0.39, 0.29) is 10.8 Å². The average molecular weight is 447 g/mol. The summed E-state index contributed by atoms with van der Waals surface area (Å²) in [4.78, 5) is 8.64. The van der Waals surface area contributed by atoms with Gasteiger partial charge in [-0.05, 0) is 49.2 Å². The van der Waals surface area contributed by atoms with Crippen LogP contribution < -0.4 is 21.5 Å². The largest absolute Gasteiger partial charge is 0.385 e. The summed E-state index contributed by atoms with van der Waals surface area (Å²) in [5, 5.41) is 12.2. The molecule has 0 radical (unpaired) electrons. The molecule has 0 amide bonds. The number of nitrogen functional groups attached to an aromatic ring is 1. The summed E-state index contributed by atoms with van der Waals surface area (Å²) < 4.78 is 22.6. The normalized spacial score (nSPS) is 11.3. The van der Waals surface area contributed by atoms with Crippen LogP contribution in [-0.4, -0.2) is 31.5 Å². The number of sulfonamides is 1. The minimum atomic E-state index is -3.68. The zero-order valence-corrected chi connectivity index (χ0v) is 18.0. The van der Waals surface area contributed by atoms with Gasteiger partial charge in [-0.25, -0.2) is 18.5 Å². The molecule has 3 rings (SSSR count). The highest BCUT2D eigenvalue weighted by atomic mass is 35.5. The Morgan fingerprint density at radius 1 is 1.03 bits per heavy atom. The summed E-state index contributed by atoms with van der Waals surface area (Å²) >= 11 is 6.21. The van der Waals surface area contributed by atoms with Crippen LogP contribution in [0.5, 0.6) is 0 Å². The molecular weight excluding hydrogens is 424 g/mol. The van der Waals surface area contributed by atoms with Crippen molar-refractivity contribution in [1.82, 2.24) is 9.97 Å². The van der Waals surface area contributed by atoms with Crippen LogP contribution in [0.1, 0.15) is 12.0 Å². The van der Waals surface area contributed by atoms with Crippen LogP contribution in [0, 0.1) is 6.92 Å². The van der Waals surface area contributed by atoms with Crippen LogP contribution in [-0.2, 0) is 10.0 Å². The van der Waals surface area contributed by atoms with Crippen molar-refractivity contribution in [2.75, 3.05) is 29.5 Å². The Morgan fingerprint density at radius 3 is 2.43 bits per heavy atom. The fourth-order valence-corrected chi connectivity index (χ4v) is 3.57. The number of nitrogens with one attached hydrogen (secondary N) is 2. The number of rotatable bonds is 8. The number of hydrogen-bond acceptors (Lipinski definition) is 7. The van der Waals surface area contributed by atoms with Gasteiger partial charge in [-0.1, -0.05) is 23.7 Å². The van der Waals surface area contributed by atoms with Crippen molar-refractivity contribution in [3.05, 3.63) is 59.1 Å². The van der Waals surface area contributed by atoms with Gasteiger partial charge in [-0.3, -0.25) is 0 Å². The average Bonchev–Trinajstić information content (AvgIpc) is 2.69. The van der Waals surface area contributed by atoms with Crippen molar-refractivity contribution in [2.24, 2.45) is 5.14 Å². The van der Waals surface area contributed by atoms with E-state index in [1.165, 1.54) is 12.1 Å². The molecule has 0 aliphatic rings. The van der Waals surface area contributed by atoms with Crippen LogP contribution >= 0.6 is 11.6 Å². The molecular formula is C20H23ClN6O2S. The van der Waals surface area contributed by atoms with Crippen LogP contribution in [0.25, 0.3) is 11.3 Å². The quantitative estimate of drug-likeness (QED) is 0.390. The lowest BCUT2D eigenvalue weighted by atomic mass is 10.1. The van der Waals surface area contributed by atoms with E-state index in [1.54, 1.807) is 12.1 Å². The predicted molar refractivity (Wildman–Crippen MR) is 121 cm³/mol. The molecule has 0 saturated heterocycles. The maximum atomic E-state index is 11.3. The third kappa shape index (κ3) is 5.59. The van der Waals surface area contributed by atoms with E-state index in [9.17, 15) is 8.42 Å². The second-order valence-corrected chi connectivity index (χ2v) is 8.65. The summed E-state index contributed by atoms with van der Waals surface area (Å²) in [6, 6.07) is 13.8. The highest BCUT2D eigenvalue weighted by Crippen LogP contribution is 2.28. The molecule has 0 unspecified atom stereocenters. The van der Waals surface area contributed by atoms with Crippen molar-refractivity contribution in [3.8, 4) is 11.3 Å². The Morgan fingerprint density at radius 2 is 1.73 bits per heavy atom. The van der Waals surface area contributed by atoms with Gasteiger partial charge in [-0.15, -0.1) is 0 Å². The van der Waals surface area contributed by atoms with Gasteiger partial charge in [0.25, 0.3) is 0 Å². The van der Waals surface area contributed by atoms with Gasteiger partial charge in [0, 0.05) is 35.4 Å². The number of nitrogens with two attached hydrogens (primary N) is 2. The van der Waals surface area contributed by atoms with Gasteiger partial charge in [0.15, 0.2) is 0 Å². The molecule has 0 fully saturated rings. The maximum Gasteiger partial charge on any atom is 0.238 e. The van der Waals surface area contributed by atoms with Crippen molar-refractivity contribution >= 4 is 39.1 Å². The third-order valence-electron chi connectivity index (χ3n) is 4.46. The standard InChI is InChI=1S/C20H23ClN6O2S/c1-13-16(4-2-5-17(13)21)18-12-19(27-20(22)26-18)25-11-3-10-24-14-6-8-15(9-7-14)30(23,28)29/h2,4-9,12,24H,3,10-11H2,1H3,(H2,23,28,29)(H3,22,25,26,27). The Labute approximate surface area is 180 Å². The molecule has 0 aliphatic heterocycles. The van der Waals surface area contributed by atoms with Gasteiger partial charge in [0.2, 0.25) is 16.0 Å². The van der Waals surface area contributed by atoms with Crippen molar-refractivity contribution in [2.45, 2.75) is 18.2 Å². The molecule has 3 aromatic rings. The lowest BCUT2D eigenvalue weighted by Gasteiger charge is -2.11. The lowest BCUT2D eigenvalue weighted by molar-refractivity contribution is 0.598. The topological polar surface area (TPSA) is 136 Å². The van der Waals surface area contributed by atoms with E-state index in [0.717, 1.165) is 23.2 Å². The molecule has 158 valence electrons. The first-order valence-electron chi connectivity index (χ1n) is 9.25. The number of aromatic nitrogens is 2. The highest BCUT2D eigenvalue weighted by Gasteiger charge is 2.09. The van der Waals surface area contributed by atoms with Crippen LogP contribution in [0.2, 0.25) is 5.02 Å². The molecule has 2 aromatic carbocycles. The second-order valence-electron chi connectivity index (χ2n) is 6.69. The molecule has 0 aliphatic carbocycles. The number of benzene rings is 2. The number of nitrogens with zero attached hydrogens (tertiary/aromatic N) is 2. The summed E-state index contributed by atoms with van der Waals surface area (Å²) in [6.07, 6.45) is 0.798. The second kappa shape index (κ2) is 9.29. The lowest BCUT2D eigenvalue weighted by Crippen LogP contribution is -2.13. The Balaban J connectivity index is 1.55. The minimum absolute atomic E-state index is 0.0850. The maximum absolute atomic E-state index is 11.3. The first-order chi connectivity index (χ1) is 14.2. The molecule has 1 aromatic heterocycles.